The Bertz CT molecular complexity index is 937. The highest BCUT2D eigenvalue weighted by atomic mass is 32.3. The summed E-state index contributed by atoms with van der Waals surface area (Å²) in [6.45, 7) is -1.30. The lowest BCUT2D eigenvalue weighted by molar-refractivity contribution is -0.184. The lowest BCUT2D eigenvalue weighted by Crippen LogP contribution is -2.52. The highest BCUT2D eigenvalue weighted by Crippen LogP contribution is 2.60. The minimum absolute atomic E-state index is 0.292. The minimum Gasteiger partial charge on any atom is -0.465 e. The molecule has 0 amide bonds. The van der Waals surface area contributed by atoms with Crippen molar-refractivity contribution in [2.45, 2.75) is 61.6 Å². The Hall–Kier alpha value is -1.12. The summed E-state index contributed by atoms with van der Waals surface area (Å²) in [6, 6.07) is 0. The van der Waals surface area contributed by atoms with Gasteiger partial charge in [-0.05, 0) is 56.3 Å². The fourth-order valence-corrected chi connectivity index (χ4v) is 8.82. The second-order valence-electron chi connectivity index (χ2n) is 9.10. The molecule has 0 N–H and O–H groups in total. The van der Waals surface area contributed by atoms with Crippen molar-refractivity contribution in [2.24, 2.45) is 23.2 Å². The molecule has 0 atom stereocenters. The molecular formula is C17H21F7O6S2. The molecule has 4 fully saturated rings. The molecule has 0 heterocycles. The van der Waals surface area contributed by atoms with Gasteiger partial charge < -0.3 is 4.74 Å². The monoisotopic (exact) mass is 518 g/mol. The quantitative estimate of drug-likeness (QED) is 0.360. The van der Waals surface area contributed by atoms with E-state index in [0.29, 0.717) is 37.0 Å². The fourth-order valence-electron chi connectivity index (χ4n) is 5.50. The van der Waals surface area contributed by atoms with E-state index in [1.807, 2.05) is 0 Å². The number of sulfone groups is 2. The van der Waals surface area contributed by atoms with Crippen molar-refractivity contribution >= 4 is 25.6 Å². The predicted molar refractivity (Wildman–Crippen MR) is 94.8 cm³/mol. The van der Waals surface area contributed by atoms with E-state index in [9.17, 15) is 52.4 Å². The molecule has 4 saturated carbocycles. The fraction of sp³-hybridized carbons (Fsp3) is 0.941. The van der Waals surface area contributed by atoms with Gasteiger partial charge in [-0.1, -0.05) is 0 Å². The molecule has 4 aliphatic rings. The third-order valence-electron chi connectivity index (χ3n) is 6.60. The van der Waals surface area contributed by atoms with Crippen LogP contribution in [0.1, 0.15) is 44.9 Å². The zero-order chi connectivity index (χ0) is 24.4. The van der Waals surface area contributed by atoms with Gasteiger partial charge in [-0.25, -0.2) is 16.8 Å². The molecule has 0 saturated heterocycles. The summed E-state index contributed by atoms with van der Waals surface area (Å²) < 4.78 is 142. The summed E-state index contributed by atoms with van der Waals surface area (Å²) in [5, 5.41) is -9.37. The molecule has 15 heteroatoms. The van der Waals surface area contributed by atoms with E-state index in [4.69, 9.17) is 4.74 Å². The Balaban J connectivity index is 1.64. The van der Waals surface area contributed by atoms with Crippen LogP contribution in [0.2, 0.25) is 0 Å². The molecule has 4 bridgehead atoms. The third-order valence-corrected chi connectivity index (χ3v) is 10.9. The first kappa shape index (κ1) is 25.5. The van der Waals surface area contributed by atoms with Crippen molar-refractivity contribution < 1.29 is 57.1 Å². The lowest BCUT2D eigenvalue weighted by atomic mass is 9.49. The molecule has 186 valence electrons. The highest BCUT2D eigenvalue weighted by molar-refractivity contribution is 8.08. The van der Waals surface area contributed by atoms with E-state index in [1.165, 1.54) is 0 Å². The highest BCUT2D eigenvalue weighted by Gasteiger charge is 2.67. The smallest absolute Gasteiger partial charge is 0.465 e. The van der Waals surface area contributed by atoms with Crippen LogP contribution >= 0.6 is 0 Å². The van der Waals surface area contributed by atoms with Gasteiger partial charge in [-0.15, -0.1) is 0 Å². The van der Waals surface area contributed by atoms with Crippen molar-refractivity contribution in [3.63, 3.8) is 0 Å². The summed E-state index contributed by atoms with van der Waals surface area (Å²) in [7, 11) is -13.4. The maximum absolute atomic E-state index is 14.0. The van der Waals surface area contributed by atoms with Gasteiger partial charge >= 0.3 is 22.7 Å². The van der Waals surface area contributed by atoms with Gasteiger partial charge in [0.1, 0.15) is 0 Å². The molecule has 0 radical (unpaired) electrons. The Labute approximate surface area is 179 Å². The lowest BCUT2D eigenvalue weighted by Gasteiger charge is -2.55. The van der Waals surface area contributed by atoms with Gasteiger partial charge in [0.25, 0.3) is 9.84 Å². The average molecular weight is 518 g/mol. The summed E-state index contributed by atoms with van der Waals surface area (Å²) in [5.74, 6) is -5.44. The number of ether oxygens (including phenoxy) is 1. The summed E-state index contributed by atoms with van der Waals surface area (Å²) in [4.78, 5) is 12.5. The van der Waals surface area contributed by atoms with E-state index in [2.05, 4.69) is 0 Å². The molecule has 6 nitrogen and oxygen atoms in total. The van der Waals surface area contributed by atoms with Crippen LogP contribution in [0, 0.1) is 23.2 Å². The van der Waals surface area contributed by atoms with E-state index in [0.717, 1.165) is 19.3 Å². The summed E-state index contributed by atoms with van der Waals surface area (Å²) in [6.07, 6.45) is 2.33. The second-order valence-corrected chi connectivity index (χ2v) is 13.5. The van der Waals surface area contributed by atoms with Crippen LogP contribution in [0.3, 0.4) is 0 Å². The van der Waals surface area contributed by atoms with Gasteiger partial charge in [0.05, 0.1) is 18.4 Å². The summed E-state index contributed by atoms with van der Waals surface area (Å²) in [5.41, 5.74) is -7.11. The zero-order valence-corrected chi connectivity index (χ0v) is 18.1. The van der Waals surface area contributed by atoms with Crippen LogP contribution in [-0.2, 0) is 29.2 Å². The number of hydrogen-bond acceptors (Lipinski definition) is 6. The third kappa shape index (κ3) is 4.34. The number of halogens is 7. The Morgan fingerprint density at radius 3 is 1.66 bits per heavy atom. The number of hydrogen-bond donors (Lipinski definition) is 0. The number of carbonyl (C=O) groups is 1. The van der Waals surface area contributed by atoms with Crippen molar-refractivity contribution in [2.75, 3.05) is 11.7 Å². The molecule has 32 heavy (non-hydrogen) atoms. The van der Waals surface area contributed by atoms with Crippen LogP contribution in [0.15, 0.2) is 0 Å². The Morgan fingerprint density at radius 2 is 1.25 bits per heavy atom. The SMILES string of the molecule is O=C(OCCC(F)(F)C(F)(F)S(=O)(=O)CS(=O)(=O)C(F)(F)F)C12CC3CC(CC(C3)C1)C2. The standard InChI is InChI=1S/C17H21F7O6S2/c18-15(19,16(20,21)31(26,27)9-32(28,29)17(22,23)24)1-2-30-13(25)14-6-10-3-11(7-14)5-12(4-10)8-14/h10-12H,1-9H2. The van der Waals surface area contributed by atoms with E-state index in [-0.39, 0.29) is 0 Å². The van der Waals surface area contributed by atoms with Gasteiger partial charge in [-0.3, -0.25) is 4.79 Å². The largest absolute Gasteiger partial charge is 0.498 e. The van der Waals surface area contributed by atoms with Crippen molar-refractivity contribution in [3.05, 3.63) is 0 Å². The molecule has 4 aliphatic carbocycles. The maximum Gasteiger partial charge on any atom is 0.498 e. The van der Waals surface area contributed by atoms with E-state index >= 15 is 0 Å². The van der Waals surface area contributed by atoms with Crippen molar-refractivity contribution in [3.8, 4) is 0 Å². The van der Waals surface area contributed by atoms with Crippen LogP contribution in [0.5, 0.6) is 0 Å². The van der Waals surface area contributed by atoms with Crippen molar-refractivity contribution in [1.82, 2.24) is 0 Å². The number of alkyl halides is 7. The summed E-state index contributed by atoms with van der Waals surface area (Å²) >= 11 is 0. The molecule has 0 aromatic rings. The molecule has 4 rings (SSSR count). The van der Waals surface area contributed by atoms with Crippen molar-refractivity contribution in [1.29, 1.82) is 0 Å². The van der Waals surface area contributed by atoms with Gasteiger partial charge in [0.15, 0.2) is 5.08 Å². The molecule has 0 aromatic heterocycles. The van der Waals surface area contributed by atoms with Crippen LogP contribution in [0.25, 0.3) is 0 Å². The zero-order valence-electron chi connectivity index (χ0n) is 16.5. The molecule has 0 aromatic carbocycles. The van der Waals surface area contributed by atoms with Gasteiger partial charge in [-0.2, -0.15) is 30.7 Å². The molecule has 0 aliphatic heterocycles. The number of rotatable bonds is 8. The van der Waals surface area contributed by atoms with Crippen LogP contribution < -0.4 is 0 Å². The average Bonchev–Trinajstić information content (AvgIpc) is 2.58. The van der Waals surface area contributed by atoms with Gasteiger partial charge in [0, 0.05) is 0 Å². The normalized spacial score (nSPS) is 31.0. The Morgan fingerprint density at radius 1 is 0.812 bits per heavy atom. The second kappa shape index (κ2) is 7.70. The topological polar surface area (TPSA) is 94.6 Å². The van der Waals surface area contributed by atoms with Crippen LogP contribution in [-0.4, -0.2) is 51.2 Å². The predicted octanol–water partition coefficient (Wildman–Crippen LogP) is 3.67. The van der Waals surface area contributed by atoms with E-state index < -0.39 is 65.9 Å². The van der Waals surface area contributed by atoms with Gasteiger partial charge in [0.2, 0.25) is 9.84 Å². The molecule has 0 spiro atoms. The van der Waals surface area contributed by atoms with E-state index in [1.54, 1.807) is 0 Å². The first-order chi connectivity index (χ1) is 14.3. The Kier molecular flexibility index (Phi) is 6.14. The first-order valence-corrected chi connectivity index (χ1v) is 13.1. The first-order valence-electron chi connectivity index (χ1n) is 9.76. The van der Waals surface area contributed by atoms with Crippen LogP contribution in [0.4, 0.5) is 30.7 Å². The molecular weight excluding hydrogens is 497 g/mol. The molecule has 0 unspecified atom stereocenters. The maximum atomic E-state index is 14.0. The minimum atomic E-state index is -6.78. The number of esters is 1. The number of carbonyl (C=O) groups excluding carboxylic acids is 1.